The molecule has 2 atom stereocenters. The summed E-state index contributed by atoms with van der Waals surface area (Å²) >= 11 is 0. The SMILES string of the molecule is CCOC(=O)/C(F)=C/C1CC1CCc1ccccc1. The number of hydrogen-bond acceptors (Lipinski definition) is 2. The molecule has 0 heterocycles. The smallest absolute Gasteiger partial charge is 0.366 e. The van der Waals surface area contributed by atoms with Crippen LogP contribution in [0.3, 0.4) is 0 Å². The Morgan fingerprint density at radius 3 is 2.84 bits per heavy atom. The summed E-state index contributed by atoms with van der Waals surface area (Å²) in [6.45, 7) is 1.88. The first kappa shape index (κ1) is 13.8. The molecule has 0 aliphatic heterocycles. The standard InChI is InChI=1S/C16H19FO2/c1-2-19-16(18)15(17)11-14-10-13(14)9-8-12-6-4-3-5-7-12/h3-7,11,13-14H,2,8-10H2,1H3/b15-11-. The van der Waals surface area contributed by atoms with Gasteiger partial charge in [-0.3, -0.25) is 0 Å². The molecule has 0 radical (unpaired) electrons. The Balaban J connectivity index is 1.75. The monoisotopic (exact) mass is 262 g/mol. The Morgan fingerprint density at radius 2 is 2.16 bits per heavy atom. The van der Waals surface area contributed by atoms with Crippen molar-refractivity contribution in [1.29, 1.82) is 0 Å². The van der Waals surface area contributed by atoms with Crippen LogP contribution in [0.5, 0.6) is 0 Å². The maximum atomic E-state index is 13.4. The van der Waals surface area contributed by atoms with Crippen LogP contribution < -0.4 is 0 Å². The molecule has 2 nitrogen and oxygen atoms in total. The first-order valence-corrected chi connectivity index (χ1v) is 6.79. The number of rotatable bonds is 6. The molecule has 3 heteroatoms. The lowest BCUT2D eigenvalue weighted by Crippen LogP contribution is -2.04. The number of ether oxygens (including phenoxy) is 1. The van der Waals surface area contributed by atoms with Crippen LogP contribution in [0, 0.1) is 11.8 Å². The number of halogens is 1. The van der Waals surface area contributed by atoms with Crippen LogP contribution in [0.2, 0.25) is 0 Å². The average Bonchev–Trinajstić information content (AvgIpc) is 3.16. The predicted molar refractivity (Wildman–Crippen MR) is 72.2 cm³/mol. The van der Waals surface area contributed by atoms with E-state index in [0.29, 0.717) is 5.92 Å². The molecule has 2 unspecified atom stereocenters. The number of hydrogen-bond donors (Lipinski definition) is 0. The molecule has 1 aromatic carbocycles. The Hall–Kier alpha value is -1.64. The summed E-state index contributed by atoms with van der Waals surface area (Å²) in [6, 6.07) is 10.3. The fourth-order valence-electron chi connectivity index (χ4n) is 2.26. The van der Waals surface area contributed by atoms with E-state index < -0.39 is 11.8 Å². The fraction of sp³-hybridized carbons (Fsp3) is 0.438. The van der Waals surface area contributed by atoms with Gasteiger partial charge in [0, 0.05) is 0 Å². The number of carbonyl (C=O) groups excluding carboxylic acids is 1. The van der Waals surface area contributed by atoms with Gasteiger partial charge in [-0.1, -0.05) is 30.3 Å². The molecule has 19 heavy (non-hydrogen) atoms. The highest BCUT2D eigenvalue weighted by molar-refractivity contribution is 5.86. The van der Waals surface area contributed by atoms with Gasteiger partial charge in [0.25, 0.3) is 0 Å². The van der Waals surface area contributed by atoms with Crippen LogP contribution in [0.4, 0.5) is 4.39 Å². The molecular weight excluding hydrogens is 243 g/mol. The maximum absolute atomic E-state index is 13.4. The van der Waals surface area contributed by atoms with Crippen molar-refractivity contribution in [2.45, 2.75) is 26.2 Å². The van der Waals surface area contributed by atoms with Crippen molar-refractivity contribution in [2.75, 3.05) is 6.61 Å². The summed E-state index contributed by atoms with van der Waals surface area (Å²) < 4.78 is 18.0. The Bertz CT molecular complexity index is 453. The zero-order chi connectivity index (χ0) is 13.7. The lowest BCUT2D eigenvalue weighted by Gasteiger charge is -2.00. The molecule has 0 aromatic heterocycles. The maximum Gasteiger partial charge on any atom is 0.366 e. The second-order valence-corrected chi connectivity index (χ2v) is 4.92. The first-order valence-electron chi connectivity index (χ1n) is 6.79. The van der Waals surface area contributed by atoms with Gasteiger partial charge in [-0.2, -0.15) is 4.39 Å². The summed E-state index contributed by atoms with van der Waals surface area (Å²) in [6.07, 6.45) is 4.45. The summed E-state index contributed by atoms with van der Waals surface area (Å²) in [4.78, 5) is 11.1. The van der Waals surface area contributed by atoms with Gasteiger partial charge in [0.15, 0.2) is 0 Å². The van der Waals surface area contributed by atoms with Crippen LogP contribution in [-0.4, -0.2) is 12.6 Å². The zero-order valence-corrected chi connectivity index (χ0v) is 11.1. The molecule has 102 valence electrons. The minimum Gasteiger partial charge on any atom is -0.461 e. The third kappa shape index (κ3) is 4.19. The van der Waals surface area contributed by atoms with Gasteiger partial charge in [0.1, 0.15) is 0 Å². The third-order valence-electron chi connectivity index (χ3n) is 3.45. The molecule has 0 bridgehead atoms. The quantitative estimate of drug-likeness (QED) is 0.577. The van der Waals surface area contributed by atoms with Crippen LogP contribution in [0.25, 0.3) is 0 Å². The molecule has 1 aliphatic carbocycles. The topological polar surface area (TPSA) is 26.3 Å². The molecule has 0 amide bonds. The first-order chi connectivity index (χ1) is 9.20. The van der Waals surface area contributed by atoms with Gasteiger partial charge in [-0.15, -0.1) is 0 Å². The van der Waals surface area contributed by atoms with E-state index in [1.54, 1.807) is 6.92 Å². The molecule has 1 aliphatic rings. The van der Waals surface area contributed by atoms with E-state index in [4.69, 9.17) is 0 Å². The van der Waals surface area contributed by atoms with Crippen molar-refractivity contribution in [2.24, 2.45) is 11.8 Å². The molecule has 0 N–H and O–H groups in total. The summed E-state index contributed by atoms with van der Waals surface area (Å²) in [7, 11) is 0. The van der Waals surface area contributed by atoms with Gasteiger partial charge < -0.3 is 4.74 Å². The molecule has 2 rings (SSSR count). The summed E-state index contributed by atoms with van der Waals surface area (Å²) in [5.41, 5.74) is 1.31. The largest absolute Gasteiger partial charge is 0.461 e. The number of allylic oxidation sites excluding steroid dienone is 1. The van der Waals surface area contributed by atoms with Crippen molar-refractivity contribution in [3.05, 3.63) is 47.8 Å². The molecule has 1 fully saturated rings. The minimum absolute atomic E-state index is 0.202. The summed E-state index contributed by atoms with van der Waals surface area (Å²) in [5, 5.41) is 0. The van der Waals surface area contributed by atoms with Gasteiger partial charge in [0.05, 0.1) is 6.61 Å². The molecular formula is C16H19FO2. The van der Waals surface area contributed by atoms with Crippen LogP contribution in [0.1, 0.15) is 25.3 Å². The van der Waals surface area contributed by atoms with Crippen molar-refractivity contribution in [3.63, 3.8) is 0 Å². The van der Waals surface area contributed by atoms with E-state index in [2.05, 4.69) is 16.9 Å². The van der Waals surface area contributed by atoms with Crippen LogP contribution in [0.15, 0.2) is 42.2 Å². The van der Waals surface area contributed by atoms with E-state index >= 15 is 0 Å². The lowest BCUT2D eigenvalue weighted by atomic mass is 10.1. The highest BCUT2D eigenvalue weighted by atomic mass is 19.1. The minimum atomic E-state index is -0.837. The van der Waals surface area contributed by atoms with Gasteiger partial charge in [-0.05, 0) is 49.7 Å². The Kier molecular flexibility index (Phi) is 4.72. The predicted octanol–water partition coefficient (Wildman–Crippen LogP) is 3.67. The van der Waals surface area contributed by atoms with Gasteiger partial charge in [-0.25, -0.2) is 4.79 Å². The number of carbonyl (C=O) groups is 1. The van der Waals surface area contributed by atoms with Gasteiger partial charge >= 0.3 is 5.97 Å². The van der Waals surface area contributed by atoms with Gasteiger partial charge in [0.2, 0.25) is 5.83 Å². The number of aryl methyl sites for hydroxylation is 1. The number of benzene rings is 1. The molecule has 1 aromatic rings. The van der Waals surface area contributed by atoms with E-state index in [1.165, 1.54) is 11.6 Å². The van der Waals surface area contributed by atoms with E-state index in [0.717, 1.165) is 19.3 Å². The fourth-order valence-corrected chi connectivity index (χ4v) is 2.26. The van der Waals surface area contributed by atoms with Crippen LogP contribution in [-0.2, 0) is 16.0 Å². The van der Waals surface area contributed by atoms with Crippen molar-refractivity contribution in [3.8, 4) is 0 Å². The summed E-state index contributed by atoms with van der Waals surface area (Å²) in [5.74, 6) is -0.876. The second-order valence-electron chi connectivity index (χ2n) is 4.92. The second kappa shape index (κ2) is 6.50. The highest BCUT2D eigenvalue weighted by Crippen LogP contribution is 2.43. The van der Waals surface area contributed by atoms with Crippen molar-refractivity contribution < 1.29 is 13.9 Å². The van der Waals surface area contributed by atoms with Crippen molar-refractivity contribution >= 4 is 5.97 Å². The van der Waals surface area contributed by atoms with E-state index in [-0.39, 0.29) is 12.5 Å². The molecule has 1 saturated carbocycles. The van der Waals surface area contributed by atoms with Crippen molar-refractivity contribution in [1.82, 2.24) is 0 Å². The van der Waals surface area contributed by atoms with E-state index in [1.807, 2.05) is 18.2 Å². The lowest BCUT2D eigenvalue weighted by molar-refractivity contribution is -0.140. The average molecular weight is 262 g/mol. The third-order valence-corrected chi connectivity index (χ3v) is 3.45. The highest BCUT2D eigenvalue weighted by Gasteiger charge is 2.35. The molecule has 0 spiro atoms. The normalized spacial score (nSPS) is 22.1. The Labute approximate surface area is 113 Å². The zero-order valence-electron chi connectivity index (χ0n) is 11.1. The van der Waals surface area contributed by atoms with E-state index in [9.17, 15) is 9.18 Å². The van der Waals surface area contributed by atoms with Crippen LogP contribution >= 0.6 is 0 Å². The Morgan fingerprint density at radius 1 is 1.42 bits per heavy atom. The molecule has 0 saturated heterocycles. The number of esters is 1.